The summed E-state index contributed by atoms with van der Waals surface area (Å²) in [5, 5.41) is 9.13. The van der Waals surface area contributed by atoms with Gasteiger partial charge in [-0.05, 0) is 18.2 Å². The van der Waals surface area contributed by atoms with Crippen molar-refractivity contribution in [2.24, 2.45) is 0 Å². The van der Waals surface area contributed by atoms with E-state index in [1.165, 1.54) is 5.49 Å². The maximum Gasteiger partial charge on any atom is 0.0659 e. The first-order valence-corrected chi connectivity index (χ1v) is 4.48. The van der Waals surface area contributed by atoms with E-state index in [0.29, 0.717) is 0 Å². The van der Waals surface area contributed by atoms with Gasteiger partial charge in [0.25, 0.3) is 0 Å². The smallest absolute Gasteiger partial charge is 0.0659 e. The van der Waals surface area contributed by atoms with Crippen LogP contribution in [0.3, 0.4) is 0 Å². The lowest BCUT2D eigenvalue weighted by Gasteiger charge is -2.10. The van der Waals surface area contributed by atoms with E-state index in [1.807, 2.05) is 32.3 Å². The highest BCUT2D eigenvalue weighted by Gasteiger charge is 1.99. The van der Waals surface area contributed by atoms with E-state index in [0.717, 1.165) is 17.1 Å². The molecule has 4 heteroatoms. The van der Waals surface area contributed by atoms with E-state index in [-0.39, 0.29) is 0 Å². The molecule has 1 aromatic carbocycles. The number of hydrogen-bond acceptors (Lipinski definition) is 3. The second-order valence-corrected chi connectivity index (χ2v) is 2.76. The van der Waals surface area contributed by atoms with Crippen LogP contribution in [-0.2, 0) is 0 Å². The van der Waals surface area contributed by atoms with Crippen LogP contribution in [-0.4, -0.2) is 19.6 Å². The predicted octanol–water partition coefficient (Wildman–Crippen LogP) is 2.14. The van der Waals surface area contributed by atoms with Gasteiger partial charge in [-0.2, -0.15) is 0 Å². The van der Waals surface area contributed by atoms with E-state index in [4.69, 9.17) is 12.2 Å². The summed E-state index contributed by atoms with van der Waals surface area (Å²) in [7, 11) is 3.76. The summed E-state index contributed by atoms with van der Waals surface area (Å²) in [6.45, 7) is 0. The first-order valence-electron chi connectivity index (χ1n) is 4.01. The summed E-state index contributed by atoms with van der Waals surface area (Å²) in [4.78, 5) is 0. The van der Waals surface area contributed by atoms with Gasteiger partial charge in [0.2, 0.25) is 0 Å². The van der Waals surface area contributed by atoms with Gasteiger partial charge in [0.1, 0.15) is 0 Å². The average molecular weight is 195 g/mol. The molecule has 0 saturated carbocycles. The summed E-state index contributed by atoms with van der Waals surface area (Å²) in [5.41, 5.74) is 4.55. The van der Waals surface area contributed by atoms with Crippen molar-refractivity contribution in [1.29, 1.82) is 0 Å². The van der Waals surface area contributed by atoms with Crippen LogP contribution in [0, 0.1) is 0 Å². The standard InChI is InChI=1S/C9H13N3S/c1-10-7-3-4-8(11-2)9(5-7)12-6-13/h3-6,10-11H,1-2H3,(H,12,13). The van der Waals surface area contributed by atoms with Gasteiger partial charge in [-0.3, -0.25) is 0 Å². The van der Waals surface area contributed by atoms with Gasteiger partial charge >= 0.3 is 0 Å². The highest BCUT2D eigenvalue weighted by Crippen LogP contribution is 2.24. The first-order chi connectivity index (χ1) is 6.31. The molecule has 0 spiro atoms. The van der Waals surface area contributed by atoms with Crippen LogP contribution in [0.15, 0.2) is 18.2 Å². The molecule has 0 aromatic heterocycles. The lowest BCUT2D eigenvalue weighted by Crippen LogP contribution is -1.99. The third kappa shape index (κ3) is 2.32. The summed E-state index contributed by atoms with van der Waals surface area (Å²) in [5.74, 6) is 0. The Kier molecular flexibility index (Phi) is 3.52. The van der Waals surface area contributed by atoms with Crippen molar-refractivity contribution in [3.05, 3.63) is 18.2 Å². The Balaban J connectivity index is 3.01. The minimum absolute atomic E-state index is 0.976. The van der Waals surface area contributed by atoms with Gasteiger partial charge < -0.3 is 16.0 Å². The molecule has 0 fully saturated rings. The summed E-state index contributed by atoms with van der Waals surface area (Å²) in [6, 6.07) is 5.99. The van der Waals surface area contributed by atoms with E-state index in [9.17, 15) is 0 Å². The second kappa shape index (κ2) is 4.67. The highest BCUT2D eigenvalue weighted by molar-refractivity contribution is 7.79. The molecule has 0 amide bonds. The minimum Gasteiger partial charge on any atom is -0.388 e. The van der Waals surface area contributed by atoms with Crippen LogP contribution in [0.2, 0.25) is 0 Å². The summed E-state index contributed by atoms with van der Waals surface area (Å²) >= 11 is 4.74. The van der Waals surface area contributed by atoms with Gasteiger partial charge in [-0.15, -0.1) is 0 Å². The molecule has 13 heavy (non-hydrogen) atoms. The predicted molar refractivity (Wildman–Crippen MR) is 62.8 cm³/mol. The molecule has 0 bridgehead atoms. The zero-order chi connectivity index (χ0) is 9.68. The topological polar surface area (TPSA) is 36.1 Å². The van der Waals surface area contributed by atoms with E-state index >= 15 is 0 Å². The van der Waals surface area contributed by atoms with Crippen molar-refractivity contribution in [2.75, 3.05) is 30.0 Å². The van der Waals surface area contributed by atoms with Gasteiger partial charge in [0.05, 0.1) is 16.9 Å². The third-order valence-electron chi connectivity index (χ3n) is 1.79. The Bertz CT molecular complexity index is 299. The Labute approximate surface area is 83.5 Å². The Morgan fingerprint density at radius 1 is 1.15 bits per heavy atom. The minimum atomic E-state index is 0.976. The largest absolute Gasteiger partial charge is 0.388 e. The van der Waals surface area contributed by atoms with Gasteiger partial charge in [0.15, 0.2) is 0 Å². The monoisotopic (exact) mass is 195 g/mol. The van der Waals surface area contributed by atoms with E-state index in [2.05, 4.69) is 16.0 Å². The van der Waals surface area contributed by atoms with E-state index in [1.54, 1.807) is 0 Å². The second-order valence-electron chi connectivity index (χ2n) is 2.52. The van der Waals surface area contributed by atoms with Crippen molar-refractivity contribution >= 4 is 34.8 Å². The SMILES string of the molecule is CNc1ccc(NC)c(NC=S)c1. The molecule has 0 unspecified atom stereocenters. The number of hydrogen-bond donors (Lipinski definition) is 3. The fourth-order valence-electron chi connectivity index (χ4n) is 1.10. The van der Waals surface area contributed by atoms with Crippen molar-refractivity contribution < 1.29 is 0 Å². The molecule has 3 nitrogen and oxygen atoms in total. The van der Waals surface area contributed by atoms with Crippen molar-refractivity contribution in [3.63, 3.8) is 0 Å². The van der Waals surface area contributed by atoms with Crippen molar-refractivity contribution in [1.82, 2.24) is 0 Å². The normalized spacial score (nSPS) is 9.08. The van der Waals surface area contributed by atoms with Crippen LogP contribution in [0.5, 0.6) is 0 Å². The highest BCUT2D eigenvalue weighted by atomic mass is 32.1. The molecular weight excluding hydrogens is 182 g/mol. The zero-order valence-corrected chi connectivity index (χ0v) is 8.53. The third-order valence-corrected chi connectivity index (χ3v) is 1.91. The molecular formula is C9H13N3S. The van der Waals surface area contributed by atoms with Gasteiger partial charge in [-0.25, -0.2) is 0 Å². The summed E-state index contributed by atoms with van der Waals surface area (Å²) in [6.07, 6.45) is 0. The van der Waals surface area contributed by atoms with Gasteiger partial charge in [0, 0.05) is 19.8 Å². The Morgan fingerprint density at radius 2 is 1.92 bits per heavy atom. The molecule has 0 heterocycles. The molecule has 0 aliphatic rings. The zero-order valence-electron chi connectivity index (χ0n) is 7.72. The molecule has 0 atom stereocenters. The number of anilines is 3. The van der Waals surface area contributed by atoms with Crippen molar-refractivity contribution in [3.8, 4) is 0 Å². The molecule has 0 saturated heterocycles. The maximum atomic E-state index is 4.74. The number of rotatable bonds is 4. The number of nitrogens with one attached hydrogen (secondary N) is 3. The molecule has 0 aliphatic heterocycles. The molecule has 3 N–H and O–H groups in total. The molecule has 0 radical (unpaired) electrons. The van der Waals surface area contributed by atoms with Crippen LogP contribution in [0.25, 0.3) is 0 Å². The number of benzene rings is 1. The Morgan fingerprint density at radius 3 is 2.46 bits per heavy atom. The van der Waals surface area contributed by atoms with Crippen LogP contribution < -0.4 is 16.0 Å². The number of thiocarbonyl (C=S) groups is 1. The van der Waals surface area contributed by atoms with Crippen LogP contribution in [0.4, 0.5) is 17.1 Å². The van der Waals surface area contributed by atoms with Crippen LogP contribution in [0.1, 0.15) is 0 Å². The molecule has 1 rings (SSSR count). The quantitative estimate of drug-likeness (QED) is 0.643. The maximum absolute atomic E-state index is 4.74. The fraction of sp³-hybridized carbons (Fsp3) is 0.222. The summed E-state index contributed by atoms with van der Waals surface area (Å²) < 4.78 is 0. The first kappa shape index (κ1) is 9.80. The average Bonchev–Trinajstić information content (AvgIpc) is 2.18. The molecule has 70 valence electrons. The van der Waals surface area contributed by atoms with Gasteiger partial charge in [-0.1, -0.05) is 12.2 Å². The van der Waals surface area contributed by atoms with E-state index < -0.39 is 0 Å². The van der Waals surface area contributed by atoms with Crippen molar-refractivity contribution in [2.45, 2.75) is 0 Å². The molecule has 0 aliphatic carbocycles. The lowest BCUT2D eigenvalue weighted by molar-refractivity contribution is 1.47. The Hall–Kier alpha value is -1.29. The lowest BCUT2D eigenvalue weighted by atomic mass is 10.2. The molecule has 1 aromatic rings. The van der Waals surface area contributed by atoms with Crippen LogP contribution >= 0.6 is 12.2 Å². The fourth-order valence-corrected chi connectivity index (χ4v) is 1.23.